The number of nitrogens with zero attached hydrogens (tertiary/aromatic N) is 1. The molecule has 0 saturated heterocycles. The van der Waals surface area contributed by atoms with E-state index in [2.05, 4.69) is 9.97 Å². The second kappa shape index (κ2) is 3.96. The van der Waals surface area contributed by atoms with Gasteiger partial charge in [0.1, 0.15) is 0 Å². The first-order valence-corrected chi connectivity index (χ1v) is 4.94. The lowest BCUT2D eigenvalue weighted by Crippen LogP contribution is -2.07. The van der Waals surface area contributed by atoms with E-state index in [4.69, 9.17) is 17.3 Å². The maximum Gasteiger partial charge on any atom is 0.417 e. The molecule has 0 aliphatic heterocycles. The van der Waals surface area contributed by atoms with Gasteiger partial charge in [-0.25, -0.2) is 4.98 Å². The van der Waals surface area contributed by atoms with Crippen LogP contribution in [-0.2, 0) is 6.18 Å². The summed E-state index contributed by atoms with van der Waals surface area (Å²) in [6, 6.07) is 3.58. The van der Waals surface area contributed by atoms with Crippen LogP contribution in [0.25, 0.3) is 11.3 Å². The van der Waals surface area contributed by atoms with Gasteiger partial charge in [0, 0.05) is 5.56 Å². The predicted octanol–water partition coefficient (Wildman–Crippen LogP) is 3.33. The minimum absolute atomic E-state index is 0.0107. The van der Waals surface area contributed by atoms with Crippen molar-refractivity contribution in [1.29, 1.82) is 0 Å². The molecule has 0 atom stereocenters. The maximum atomic E-state index is 12.8. The Balaban J connectivity index is 2.67. The Hall–Kier alpha value is -1.69. The Labute approximate surface area is 99.4 Å². The van der Waals surface area contributed by atoms with Crippen LogP contribution >= 0.6 is 11.6 Å². The summed E-state index contributed by atoms with van der Waals surface area (Å²) in [6.45, 7) is 0. The van der Waals surface area contributed by atoms with Gasteiger partial charge in [-0.05, 0) is 12.1 Å². The molecule has 3 N–H and O–H groups in total. The van der Waals surface area contributed by atoms with Crippen molar-refractivity contribution in [3.05, 3.63) is 35.0 Å². The molecule has 17 heavy (non-hydrogen) atoms. The number of hydrogen-bond donors (Lipinski definition) is 2. The van der Waals surface area contributed by atoms with Crippen molar-refractivity contribution in [2.24, 2.45) is 0 Å². The molecule has 7 heteroatoms. The average molecular weight is 262 g/mol. The Bertz CT molecular complexity index is 548. The number of halogens is 4. The highest BCUT2D eigenvalue weighted by molar-refractivity contribution is 6.33. The molecule has 1 aromatic heterocycles. The van der Waals surface area contributed by atoms with Gasteiger partial charge < -0.3 is 10.7 Å². The zero-order valence-corrected chi connectivity index (χ0v) is 9.10. The molecule has 0 saturated carbocycles. The third-order valence-electron chi connectivity index (χ3n) is 2.18. The quantitative estimate of drug-likeness (QED) is 0.827. The minimum Gasteiger partial charge on any atom is -0.369 e. The Morgan fingerprint density at radius 3 is 2.53 bits per heavy atom. The molecule has 0 bridgehead atoms. The van der Waals surface area contributed by atoms with E-state index >= 15 is 0 Å². The van der Waals surface area contributed by atoms with Crippen molar-refractivity contribution in [1.82, 2.24) is 9.97 Å². The molecule has 2 aromatic rings. The van der Waals surface area contributed by atoms with Crippen LogP contribution in [0.1, 0.15) is 5.56 Å². The first kappa shape index (κ1) is 11.8. The number of aromatic nitrogens is 2. The van der Waals surface area contributed by atoms with Crippen LogP contribution in [0.2, 0.25) is 5.02 Å². The first-order valence-electron chi connectivity index (χ1n) is 4.56. The van der Waals surface area contributed by atoms with Gasteiger partial charge in [-0.15, -0.1) is 0 Å². The summed E-state index contributed by atoms with van der Waals surface area (Å²) in [7, 11) is 0. The number of rotatable bonds is 1. The number of nitrogens with one attached hydrogen (secondary N) is 1. The van der Waals surface area contributed by atoms with Gasteiger partial charge in [0.05, 0.1) is 22.5 Å². The van der Waals surface area contributed by atoms with Crippen molar-refractivity contribution in [3.8, 4) is 11.3 Å². The molecule has 0 unspecified atom stereocenters. The molecule has 1 aromatic carbocycles. The summed E-state index contributed by atoms with van der Waals surface area (Å²) in [5, 5.41) is -0.0107. The molecule has 0 radical (unpaired) electrons. The molecular weight excluding hydrogens is 255 g/mol. The zero-order valence-electron chi connectivity index (χ0n) is 8.35. The normalized spacial score (nSPS) is 11.8. The van der Waals surface area contributed by atoms with Gasteiger partial charge in [0.25, 0.3) is 0 Å². The van der Waals surface area contributed by atoms with E-state index < -0.39 is 11.7 Å². The highest BCUT2D eigenvalue weighted by atomic mass is 35.5. The number of benzene rings is 1. The van der Waals surface area contributed by atoms with Crippen LogP contribution in [0, 0.1) is 0 Å². The predicted molar refractivity (Wildman–Crippen MR) is 58.4 cm³/mol. The number of alkyl halides is 3. The number of anilines is 1. The molecule has 0 fully saturated rings. The Morgan fingerprint density at radius 2 is 2.00 bits per heavy atom. The molecule has 2 rings (SSSR count). The number of hydrogen-bond acceptors (Lipinski definition) is 2. The summed E-state index contributed by atoms with van der Waals surface area (Å²) in [6.07, 6.45) is -3.27. The lowest BCUT2D eigenvalue weighted by Gasteiger charge is -2.12. The van der Waals surface area contributed by atoms with Gasteiger partial charge in [-0.2, -0.15) is 13.2 Å². The third-order valence-corrected chi connectivity index (χ3v) is 2.50. The fourth-order valence-corrected chi connectivity index (χ4v) is 1.77. The van der Waals surface area contributed by atoms with Crippen molar-refractivity contribution < 1.29 is 13.2 Å². The number of aromatic amines is 1. The molecule has 0 amide bonds. The van der Waals surface area contributed by atoms with Crippen molar-refractivity contribution in [2.75, 3.05) is 5.73 Å². The van der Waals surface area contributed by atoms with E-state index in [0.717, 1.165) is 6.07 Å². The van der Waals surface area contributed by atoms with Crippen LogP contribution in [0.3, 0.4) is 0 Å². The number of H-pyrrole nitrogens is 1. The molecule has 0 aliphatic carbocycles. The summed E-state index contributed by atoms with van der Waals surface area (Å²) in [4.78, 5) is 6.18. The second-order valence-corrected chi connectivity index (χ2v) is 3.75. The van der Waals surface area contributed by atoms with E-state index in [0.29, 0.717) is 0 Å². The van der Waals surface area contributed by atoms with Crippen LogP contribution in [0.5, 0.6) is 0 Å². The van der Waals surface area contributed by atoms with Crippen LogP contribution in [0.4, 0.5) is 19.1 Å². The van der Waals surface area contributed by atoms with E-state index in [-0.39, 0.29) is 22.2 Å². The summed E-state index contributed by atoms with van der Waals surface area (Å²) >= 11 is 5.79. The zero-order chi connectivity index (χ0) is 12.6. The van der Waals surface area contributed by atoms with Crippen LogP contribution in [-0.4, -0.2) is 9.97 Å². The molecule has 3 nitrogen and oxygen atoms in total. The topological polar surface area (TPSA) is 54.7 Å². The van der Waals surface area contributed by atoms with Gasteiger partial charge in [0.2, 0.25) is 0 Å². The molecule has 0 spiro atoms. The van der Waals surface area contributed by atoms with Gasteiger partial charge in [0.15, 0.2) is 5.95 Å². The van der Waals surface area contributed by atoms with E-state index in [9.17, 15) is 13.2 Å². The average Bonchev–Trinajstić information content (AvgIpc) is 2.63. The van der Waals surface area contributed by atoms with Crippen molar-refractivity contribution in [2.45, 2.75) is 6.18 Å². The van der Waals surface area contributed by atoms with Crippen molar-refractivity contribution >= 4 is 17.5 Å². The standard InChI is InChI=1S/C10H7ClF3N3/c11-6-3-1-2-5(10(12,13)14)8(6)7-4-16-9(15)17-7/h1-4H,(H3,15,16,17). The van der Waals surface area contributed by atoms with Gasteiger partial charge >= 0.3 is 6.18 Å². The summed E-state index contributed by atoms with van der Waals surface area (Å²) < 4.78 is 38.4. The maximum absolute atomic E-state index is 12.8. The number of nitrogens with two attached hydrogens (primary N) is 1. The molecule has 90 valence electrons. The molecule has 1 heterocycles. The van der Waals surface area contributed by atoms with E-state index in [1.54, 1.807) is 0 Å². The van der Waals surface area contributed by atoms with Gasteiger partial charge in [-0.3, -0.25) is 0 Å². The molecular formula is C10H7ClF3N3. The van der Waals surface area contributed by atoms with Crippen LogP contribution < -0.4 is 5.73 Å². The lowest BCUT2D eigenvalue weighted by molar-refractivity contribution is -0.137. The first-order chi connectivity index (χ1) is 7.89. The van der Waals surface area contributed by atoms with Crippen LogP contribution in [0.15, 0.2) is 24.4 Å². The third kappa shape index (κ3) is 2.21. The van der Waals surface area contributed by atoms with Gasteiger partial charge in [-0.1, -0.05) is 17.7 Å². The van der Waals surface area contributed by atoms with E-state index in [1.807, 2.05) is 0 Å². The Kier molecular flexibility index (Phi) is 2.74. The van der Waals surface area contributed by atoms with Crippen molar-refractivity contribution in [3.63, 3.8) is 0 Å². The smallest absolute Gasteiger partial charge is 0.369 e. The summed E-state index contributed by atoms with van der Waals surface area (Å²) in [5.74, 6) is 0.0352. The largest absolute Gasteiger partial charge is 0.417 e. The highest BCUT2D eigenvalue weighted by Gasteiger charge is 2.34. The van der Waals surface area contributed by atoms with E-state index in [1.165, 1.54) is 18.3 Å². The number of imidazole rings is 1. The molecule has 0 aliphatic rings. The number of nitrogen functional groups attached to an aromatic ring is 1. The fraction of sp³-hybridized carbons (Fsp3) is 0.100. The SMILES string of the molecule is Nc1ncc(-c2c(Cl)cccc2C(F)(F)F)[nH]1. The monoisotopic (exact) mass is 261 g/mol. The summed E-state index contributed by atoms with van der Waals surface area (Å²) in [5.41, 5.74) is 4.50. The minimum atomic E-state index is -4.49. The highest BCUT2D eigenvalue weighted by Crippen LogP contribution is 2.40. The lowest BCUT2D eigenvalue weighted by atomic mass is 10.0. The fourth-order valence-electron chi connectivity index (χ4n) is 1.50. The second-order valence-electron chi connectivity index (χ2n) is 3.34. The Morgan fingerprint density at radius 1 is 1.29 bits per heavy atom.